The van der Waals surface area contributed by atoms with Gasteiger partial charge in [0.2, 0.25) is 0 Å². The van der Waals surface area contributed by atoms with Gasteiger partial charge in [0.15, 0.2) is 0 Å². The van der Waals surface area contributed by atoms with Crippen LogP contribution in [-0.2, 0) is 9.47 Å². The van der Waals surface area contributed by atoms with Crippen molar-refractivity contribution in [2.75, 3.05) is 26.4 Å². The Kier molecular flexibility index (Phi) is 8.95. The van der Waals surface area contributed by atoms with Gasteiger partial charge in [0, 0.05) is 30.8 Å². The zero-order chi connectivity index (χ0) is 20.2. The number of rotatable bonds is 13. The van der Waals surface area contributed by atoms with Crippen LogP contribution in [0.1, 0.15) is 50.2 Å². The molecule has 0 bridgehead atoms. The van der Waals surface area contributed by atoms with E-state index < -0.39 is 0 Å². The minimum absolute atomic E-state index is 0.687. The van der Waals surface area contributed by atoms with E-state index in [1.165, 1.54) is 0 Å². The highest BCUT2D eigenvalue weighted by atomic mass is 16.5. The van der Waals surface area contributed by atoms with Crippen LogP contribution in [0.3, 0.4) is 0 Å². The fourth-order valence-corrected chi connectivity index (χ4v) is 3.23. The molecular weight excluding hydrogens is 360 g/mol. The van der Waals surface area contributed by atoms with Gasteiger partial charge in [-0.15, -0.1) is 0 Å². The van der Waals surface area contributed by atoms with Crippen molar-refractivity contribution in [2.45, 2.75) is 39.0 Å². The predicted molar refractivity (Wildman–Crippen MR) is 120 cm³/mol. The van der Waals surface area contributed by atoms with E-state index in [1.807, 2.05) is 36.4 Å². The summed E-state index contributed by atoms with van der Waals surface area (Å²) in [6.45, 7) is 5.11. The van der Waals surface area contributed by atoms with Crippen molar-refractivity contribution in [3.05, 3.63) is 71.8 Å². The molecule has 0 fully saturated rings. The minimum atomic E-state index is 0.687. The third-order valence-corrected chi connectivity index (χ3v) is 4.71. The summed E-state index contributed by atoms with van der Waals surface area (Å²) in [5, 5.41) is 4.87. The Morgan fingerprint density at radius 3 is 1.93 bits per heavy atom. The summed E-state index contributed by atoms with van der Waals surface area (Å²) in [6, 6.07) is 20.6. The standard InChI is InChI=1S/C25H31N2O2/c1-2-17-28-19-20-29-18-11-5-10-16-23-26-24(21-12-6-3-7-13-21)25(27-23)22-14-8-4-9-15-22/h3-4,6-9,12-15H,2,5,10-11,16-20H2,1H3. The molecule has 0 atom stereocenters. The highest BCUT2D eigenvalue weighted by Gasteiger charge is 2.21. The average Bonchev–Trinajstić information content (AvgIpc) is 3.20. The molecule has 1 radical (unpaired) electrons. The van der Waals surface area contributed by atoms with E-state index in [-0.39, 0.29) is 0 Å². The molecule has 0 saturated carbocycles. The smallest absolute Gasteiger partial charge is 0.129 e. The molecule has 153 valence electrons. The number of unbranched alkanes of at least 4 members (excludes halogenated alkanes) is 2. The number of ether oxygens (including phenoxy) is 2. The molecule has 0 aliphatic carbocycles. The fraction of sp³-hybridized carbons (Fsp3) is 0.400. The summed E-state index contributed by atoms with van der Waals surface area (Å²) < 4.78 is 11.0. The first-order chi connectivity index (χ1) is 14.4. The summed E-state index contributed by atoms with van der Waals surface area (Å²) in [6.07, 6.45) is 5.20. The van der Waals surface area contributed by atoms with E-state index in [2.05, 4.69) is 31.2 Å². The lowest BCUT2D eigenvalue weighted by molar-refractivity contribution is 0.0466. The van der Waals surface area contributed by atoms with E-state index in [9.17, 15) is 0 Å². The molecule has 4 nitrogen and oxygen atoms in total. The summed E-state index contributed by atoms with van der Waals surface area (Å²) in [4.78, 5) is 4.87. The monoisotopic (exact) mass is 391 g/mol. The Morgan fingerprint density at radius 1 is 0.655 bits per heavy atom. The molecule has 4 heteroatoms. The SMILES string of the molecule is CCCOCCOCCCCCC1=NC(c2ccccc2)=C(c2ccccc2)[N]1. The molecule has 0 spiro atoms. The van der Waals surface area contributed by atoms with E-state index >= 15 is 0 Å². The number of amidine groups is 1. The first-order valence-corrected chi connectivity index (χ1v) is 10.7. The fourth-order valence-electron chi connectivity index (χ4n) is 3.23. The Labute approximate surface area is 174 Å². The summed E-state index contributed by atoms with van der Waals surface area (Å²) in [7, 11) is 0. The van der Waals surface area contributed by atoms with Gasteiger partial charge in [-0.2, -0.15) is 0 Å². The van der Waals surface area contributed by atoms with Crippen molar-refractivity contribution in [2.24, 2.45) is 4.99 Å². The zero-order valence-electron chi connectivity index (χ0n) is 17.3. The lowest BCUT2D eigenvalue weighted by Crippen LogP contribution is -2.10. The Bertz CT molecular complexity index is 785. The molecular formula is C25H31N2O2. The molecule has 0 amide bonds. The van der Waals surface area contributed by atoms with Crippen LogP contribution in [0.4, 0.5) is 0 Å². The summed E-state index contributed by atoms with van der Waals surface area (Å²) in [5.41, 5.74) is 4.18. The van der Waals surface area contributed by atoms with E-state index in [1.54, 1.807) is 0 Å². The maximum atomic E-state index is 5.62. The topological polar surface area (TPSA) is 44.9 Å². The van der Waals surface area contributed by atoms with Crippen molar-refractivity contribution < 1.29 is 9.47 Å². The van der Waals surface area contributed by atoms with Crippen LogP contribution in [0.5, 0.6) is 0 Å². The molecule has 29 heavy (non-hydrogen) atoms. The molecule has 0 unspecified atom stereocenters. The second-order valence-electron chi connectivity index (χ2n) is 7.10. The van der Waals surface area contributed by atoms with Crippen molar-refractivity contribution >= 4 is 17.2 Å². The van der Waals surface area contributed by atoms with Crippen molar-refractivity contribution in [1.82, 2.24) is 5.32 Å². The lowest BCUT2D eigenvalue weighted by atomic mass is 10.1. The van der Waals surface area contributed by atoms with Crippen LogP contribution >= 0.6 is 0 Å². The maximum Gasteiger partial charge on any atom is 0.129 e. The number of benzene rings is 2. The van der Waals surface area contributed by atoms with E-state index in [4.69, 9.17) is 19.8 Å². The third-order valence-electron chi connectivity index (χ3n) is 4.71. The first kappa shape index (κ1) is 21.3. The van der Waals surface area contributed by atoms with Crippen LogP contribution < -0.4 is 5.32 Å². The van der Waals surface area contributed by atoms with E-state index in [0.29, 0.717) is 13.2 Å². The number of aliphatic imine (C=N–C) groups is 1. The molecule has 0 saturated heterocycles. The van der Waals surface area contributed by atoms with Crippen LogP contribution in [-0.4, -0.2) is 32.3 Å². The number of hydrogen-bond donors (Lipinski definition) is 0. The maximum absolute atomic E-state index is 5.62. The number of nitrogens with zero attached hydrogens (tertiary/aromatic N) is 2. The summed E-state index contributed by atoms with van der Waals surface area (Å²) >= 11 is 0. The molecule has 0 N–H and O–H groups in total. The van der Waals surface area contributed by atoms with Gasteiger partial charge in [0.05, 0.1) is 24.6 Å². The molecule has 1 heterocycles. The van der Waals surface area contributed by atoms with Crippen molar-refractivity contribution in [3.63, 3.8) is 0 Å². The molecule has 3 rings (SSSR count). The van der Waals surface area contributed by atoms with Gasteiger partial charge < -0.3 is 9.47 Å². The number of hydrogen-bond acceptors (Lipinski definition) is 3. The van der Waals surface area contributed by atoms with Crippen LogP contribution in [0.25, 0.3) is 11.4 Å². The van der Waals surface area contributed by atoms with E-state index in [0.717, 1.165) is 73.7 Å². The van der Waals surface area contributed by atoms with Gasteiger partial charge in [-0.3, -0.25) is 0 Å². The van der Waals surface area contributed by atoms with Gasteiger partial charge in [-0.25, -0.2) is 10.3 Å². The quantitative estimate of drug-likeness (QED) is 0.421. The second kappa shape index (κ2) is 12.2. The van der Waals surface area contributed by atoms with Crippen LogP contribution in [0, 0.1) is 0 Å². The molecule has 1 aliphatic rings. The minimum Gasteiger partial charge on any atom is -0.379 e. The Balaban J connectivity index is 1.46. The zero-order valence-corrected chi connectivity index (χ0v) is 17.3. The van der Waals surface area contributed by atoms with Gasteiger partial charge in [-0.1, -0.05) is 74.0 Å². The van der Waals surface area contributed by atoms with Crippen LogP contribution in [0.2, 0.25) is 0 Å². The van der Waals surface area contributed by atoms with Gasteiger partial charge in [-0.05, 0) is 19.3 Å². The van der Waals surface area contributed by atoms with Gasteiger partial charge in [0.1, 0.15) is 5.84 Å². The lowest BCUT2D eigenvalue weighted by Gasteiger charge is -2.06. The highest BCUT2D eigenvalue weighted by Crippen LogP contribution is 2.31. The Hall–Kier alpha value is -2.43. The third kappa shape index (κ3) is 6.84. The highest BCUT2D eigenvalue weighted by molar-refractivity contribution is 6.07. The van der Waals surface area contributed by atoms with Crippen LogP contribution in [0.15, 0.2) is 65.7 Å². The molecule has 2 aromatic carbocycles. The molecule has 2 aromatic rings. The molecule has 0 aromatic heterocycles. The van der Waals surface area contributed by atoms with Crippen molar-refractivity contribution in [1.29, 1.82) is 0 Å². The Morgan fingerprint density at radius 2 is 1.28 bits per heavy atom. The van der Waals surface area contributed by atoms with Gasteiger partial charge in [0.25, 0.3) is 0 Å². The summed E-state index contributed by atoms with van der Waals surface area (Å²) in [5.74, 6) is 0.927. The predicted octanol–water partition coefficient (Wildman–Crippen LogP) is 5.53. The normalized spacial score (nSPS) is 13.5. The largest absolute Gasteiger partial charge is 0.379 e. The second-order valence-corrected chi connectivity index (χ2v) is 7.10. The first-order valence-electron chi connectivity index (χ1n) is 10.7. The van der Waals surface area contributed by atoms with Crippen molar-refractivity contribution in [3.8, 4) is 0 Å². The van der Waals surface area contributed by atoms with Gasteiger partial charge >= 0.3 is 0 Å². The molecule has 1 aliphatic heterocycles. The average molecular weight is 392 g/mol.